The predicted octanol–water partition coefficient (Wildman–Crippen LogP) is 8.49. The largest absolute Gasteiger partial charge is 0.316 e. The summed E-state index contributed by atoms with van der Waals surface area (Å²) in [5.74, 6) is 0.849. The maximum atomic E-state index is 5.09. The molecule has 4 nitrogen and oxygen atoms in total. The molecule has 0 fully saturated rings. The maximum absolute atomic E-state index is 5.09. The Bertz CT molecular complexity index is 1810. The summed E-state index contributed by atoms with van der Waals surface area (Å²) in [6, 6.07) is 50.3. The van der Waals surface area contributed by atoms with Crippen LogP contribution < -0.4 is 10.3 Å². The molecule has 1 atom stereocenters. The summed E-state index contributed by atoms with van der Waals surface area (Å²) in [6.45, 7) is 0. The Morgan fingerprint density at radius 3 is 1.59 bits per heavy atom. The van der Waals surface area contributed by atoms with Gasteiger partial charge in [0.1, 0.15) is 5.82 Å². The van der Waals surface area contributed by atoms with Crippen molar-refractivity contribution in [3.63, 3.8) is 0 Å². The number of rotatable bonds is 6. The van der Waals surface area contributed by atoms with Crippen LogP contribution >= 0.6 is 8.73 Å². The minimum atomic E-state index is 0.365. The molecule has 0 saturated heterocycles. The van der Waals surface area contributed by atoms with Crippen molar-refractivity contribution in [2.75, 3.05) is 4.90 Å². The molecule has 0 aliphatic carbocycles. The standard InChI is InChI=1S/C34H25N4P/c1-3-13-25(14-4-1)37(26-15-5-2-6-16-26)33-23-11-19-29(35-33)30-20-12-24-34(36-30)39-38-31-21-9-7-17-27(31)28-18-8-10-22-32(28)38/h1-24,39H. The molecule has 1 unspecified atom stereocenters. The summed E-state index contributed by atoms with van der Waals surface area (Å²) in [4.78, 5) is 12.4. The fourth-order valence-electron chi connectivity index (χ4n) is 5.06. The summed E-state index contributed by atoms with van der Waals surface area (Å²) in [7, 11) is 0.365. The van der Waals surface area contributed by atoms with Crippen molar-refractivity contribution in [1.29, 1.82) is 0 Å². The molecule has 7 aromatic rings. The first-order valence-corrected chi connectivity index (χ1v) is 13.9. The number of hydrogen-bond donors (Lipinski definition) is 0. The minimum absolute atomic E-state index is 0.365. The van der Waals surface area contributed by atoms with Crippen molar-refractivity contribution < 1.29 is 0 Å². The average Bonchev–Trinajstić information content (AvgIpc) is 3.32. The van der Waals surface area contributed by atoms with Gasteiger partial charge in [-0.25, -0.2) is 9.97 Å². The van der Waals surface area contributed by atoms with Crippen LogP contribution in [0.2, 0.25) is 0 Å². The van der Waals surface area contributed by atoms with Crippen molar-refractivity contribution in [2.24, 2.45) is 0 Å². The summed E-state index contributed by atoms with van der Waals surface area (Å²) in [6.07, 6.45) is 0. The maximum Gasteiger partial charge on any atom is 0.138 e. The van der Waals surface area contributed by atoms with Gasteiger partial charge in [0.25, 0.3) is 0 Å². The fourth-order valence-corrected chi connectivity index (χ4v) is 6.26. The Morgan fingerprint density at radius 1 is 0.462 bits per heavy atom. The molecule has 0 amide bonds. The smallest absolute Gasteiger partial charge is 0.138 e. The highest BCUT2D eigenvalue weighted by Crippen LogP contribution is 2.35. The van der Waals surface area contributed by atoms with E-state index in [1.807, 2.05) is 30.3 Å². The number of aromatic nitrogens is 3. The van der Waals surface area contributed by atoms with Crippen LogP contribution in [0.1, 0.15) is 0 Å². The van der Waals surface area contributed by atoms with Crippen molar-refractivity contribution in [2.45, 2.75) is 0 Å². The van der Waals surface area contributed by atoms with Crippen molar-refractivity contribution in [3.05, 3.63) is 146 Å². The minimum Gasteiger partial charge on any atom is -0.316 e. The first kappa shape index (κ1) is 23.3. The lowest BCUT2D eigenvalue weighted by molar-refractivity contribution is 1.17. The second kappa shape index (κ2) is 10.2. The third-order valence-corrected chi connectivity index (χ3v) is 8.02. The molecule has 0 bridgehead atoms. The van der Waals surface area contributed by atoms with Crippen LogP contribution in [0.3, 0.4) is 0 Å². The lowest BCUT2D eigenvalue weighted by Gasteiger charge is -2.24. The van der Waals surface area contributed by atoms with Crippen molar-refractivity contribution >= 4 is 53.2 Å². The summed E-state index contributed by atoms with van der Waals surface area (Å²) in [5, 5.41) is 2.54. The monoisotopic (exact) mass is 520 g/mol. The Labute approximate surface area is 229 Å². The van der Waals surface area contributed by atoms with E-state index >= 15 is 0 Å². The van der Waals surface area contributed by atoms with Gasteiger partial charge in [-0.1, -0.05) is 84.9 Å². The first-order valence-electron chi connectivity index (χ1n) is 13.0. The zero-order chi connectivity index (χ0) is 26.0. The first-order chi connectivity index (χ1) is 19.3. The molecular formula is C34H25N4P. The number of pyridine rings is 2. The van der Waals surface area contributed by atoms with Gasteiger partial charge in [0.15, 0.2) is 0 Å². The lowest BCUT2D eigenvalue weighted by atomic mass is 10.2. The number of nitrogens with zero attached hydrogens (tertiary/aromatic N) is 4. The topological polar surface area (TPSA) is 34.0 Å². The summed E-state index contributed by atoms with van der Waals surface area (Å²) < 4.78 is 2.38. The van der Waals surface area contributed by atoms with Gasteiger partial charge < -0.3 is 4.34 Å². The quantitative estimate of drug-likeness (QED) is 0.206. The molecule has 0 saturated carbocycles. The molecule has 186 valence electrons. The van der Waals surface area contributed by atoms with Crippen LogP contribution in [0, 0.1) is 0 Å². The molecule has 0 spiro atoms. The van der Waals surface area contributed by atoms with Crippen molar-refractivity contribution in [3.8, 4) is 11.4 Å². The summed E-state index contributed by atoms with van der Waals surface area (Å²) in [5.41, 5.74) is 7.30. The molecule has 3 heterocycles. The van der Waals surface area contributed by atoms with E-state index in [1.54, 1.807) is 0 Å². The summed E-state index contributed by atoms with van der Waals surface area (Å²) >= 11 is 0. The number of hydrogen-bond acceptors (Lipinski definition) is 3. The van der Waals surface area contributed by atoms with E-state index < -0.39 is 0 Å². The second-order valence-electron chi connectivity index (χ2n) is 9.28. The van der Waals surface area contributed by atoms with Crippen LogP contribution in [0.25, 0.3) is 33.2 Å². The van der Waals surface area contributed by atoms with Gasteiger partial charge in [0.05, 0.1) is 27.9 Å². The molecule has 0 aliphatic heterocycles. The normalized spacial score (nSPS) is 11.5. The molecule has 0 radical (unpaired) electrons. The van der Waals surface area contributed by atoms with Gasteiger partial charge in [0.2, 0.25) is 0 Å². The Morgan fingerprint density at radius 2 is 0.974 bits per heavy atom. The number of anilines is 3. The van der Waals surface area contributed by atoms with Crippen molar-refractivity contribution in [1.82, 2.24) is 14.3 Å². The Balaban J connectivity index is 1.28. The zero-order valence-corrected chi connectivity index (χ0v) is 22.1. The molecule has 0 aliphatic rings. The van der Waals surface area contributed by atoms with E-state index in [0.717, 1.165) is 34.0 Å². The average molecular weight is 521 g/mol. The molecule has 3 aromatic heterocycles. The van der Waals surface area contributed by atoms with E-state index in [9.17, 15) is 0 Å². The number of para-hydroxylation sites is 4. The van der Waals surface area contributed by atoms with Gasteiger partial charge in [-0.2, -0.15) is 0 Å². The lowest BCUT2D eigenvalue weighted by Crippen LogP contribution is -2.12. The van der Waals surface area contributed by atoms with Gasteiger partial charge in [-0.05, 0) is 60.7 Å². The van der Waals surface area contributed by atoms with Crippen LogP contribution in [-0.2, 0) is 0 Å². The van der Waals surface area contributed by atoms with Crippen LogP contribution in [0.5, 0.6) is 0 Å². The van der Waals surface area contributed by atoms with Crippen LogP contribution in [0.15, 0.2) is 146 Å². The highest BCUT2D eigenvalue weighted by molar-refractivity contribution is 7.45. The van der Waals surface area contributed by atoms with E-state index in [1.165, 1.54) is 21.8 Å². The highest BCUT2D eigenvalue weighted by Gasteiger charge is 2.15. The third-order valence-electron chi connectivity index (χ3n) is 6.81. The molecule has 39 heavy (non-hydrogen) atoms. The van der Waals surface area contributed by atoms with E-state index in [0.29, 0.717) is 8.73 Å². The predicted molar refractivity (Wildman–Crippen MR) is 165 cm³/mol. The molecule has 7 rings (SSSR count). The van der Waals surface area contributed by atoms with Gasteiger partial charge >= 0.3 is 0 Å². The Kier molecular flexibility index (Phi) is 6.08. The Hall–Kier alpha value is -4.79. The highest BCUT2D eigenvalue weighted by atomic mass is 31.1. The van der Waals surface area contributed by atoms with Crippen LogP contribution in [0.4, 0.5) is 17.2 Å². The fraction of sp³-hybridized carbons (Fsp3) is 0. The molecule has 4 aromatic carbocycles. The van der Waals surface area contributed by atoms with Crippen LogP contribution in [-0.4, -0.2) is 14.3 Å². The van der Waals surface area contributed by atoms with Gasteiger partial charge in [0, 0.05) is 30.9 Å². The second-order valence-corrected chi connectivity index (χ2v) is 10.5. The molecular weight excluding hydrogens is 495 g/mol. The SMILES string of the molecule is c1ccc(N(c2ccccc2)c2cccc(-c3cccc(Pn4c5ccccc5c5ccccc54)n3)n2)cc1. The number of fused-ring (bicyclic) bond motifs is 3. The van der Waals surface area contributed by atoms with Gasteiger partial charge in [-0.15, -0.1) is 0 Å². The van der Waals surface area contributed by atoms with E-state index in [4.69, 9.17) is 9.97 Å². The zero-order valence-electron chi connectivity index (χ0n) is 21.1. The third kappa shape index (κ3) is 4.46. The molecule has 5 heteroatoms. The van der Waals surface area contributed by atoms with Gasteiger partial charge in [-0.3, -0.25) is 4.90 Å². The van der Waals surface area contributed by atoms with E-state index in [2.05, 4.69) is 124 Å². The number of benzene rings is 4. The molecule has 0 N–H and O–H groups in total. The van der Waals surface area contributed by atoms with E-state index in [-0.39, 0.29) is 0 Å².